The highest BCUT2D eigenvalue weighted by molar-refractivity contribution is 7.93. The van der Waals surface area contributed by atoms with Crippen molar-refractivity contribution in [2.24, 2.45) is 0 Å². The third-order valence-electron chi connectivity index (χ3n) is 3.71. The van der Waals surface area contributed by atoms with Gasteiger partial charge in [-0.15, -0.1) is 0 Å². The van der Waals surface area contributed by atoms with E-state index in [2.05, 4.69) is 9.62 Å². The first-order valence-corrected chi connectivity index (χ1v) is 10.7. The lowest BCUT2D eigenvalue weighted by atomic mass is 10.1. The van der Waals surface area contributed by atoms with Crippen LogP contribution in [0, 0.1) is 0 Å². The zero-order valence-corrected chi connectivity index (χ0v) is 14.3. The predicted molar refractivity (Wildman–Crippen MR) is 85.0 cm³/mol. The van der Waals surface area contributed by atoms with E-state index < -0.39 is 19.9 Å². The van der Waals surface area contributed by atoms with E-state index in [1.165, 1.54) is 30.7 Å². The van der Waals surface area contributed by atoms with E-state index in [0.29, 0.717) is 6.54 Å². The summed E-state index contributed by atoms with van der Waals surface area (Å²) in [5.41, 5.74) is 0. The summed E-state index contributed by atoms with van der Waals surface area (Å²) >= 11 is 0. The fourth-order valence-corrected chi connectivity index (χ4v) is 5.23. The van der Waals surface area contributed by atoms with Gasteiger partial charge in [-0.3, -0.25) is 0 Å². The molecule has 0 spiro atoms. The van der Waals surface area contributed by atoms with Crippen molar-refractivity contribution < 1.29 is 16.8 Å². The number of nitrogens with zero attached hydrogens (tertiary/aromatic N) is 1. The Hall–Kier alpha value is -0.960. The second-order valence-corrected chi connectivity index (χ2v) is 9.24. The molecule has 2 rings (SSSR count). The van der Waals surface area contributed by atoms with Crippen molar-refractivity contribution in [3.63, 3.8) is 0 Å². The van der Waals surface area contributed by atoms with Gasteiger partial charge in [-0.1, -0.05) is 18.6 Å². The number of rotatable bonds is 6. The van der Waals surface area contributed by atoms with E-state index in [4.69, 9.17) is 0 Å². The molecule has 1 aromatic carbocycles. The van der Waals surface area contributed by atoms with Gasteiger partial charge in [0.1, 0.15) is 4.90 Å². The lowest BCUT2D eigenvalue weighted by molar-refractivity contribution is 0.232. The standard InChI is InChI=1S/C14H22N2O4S2/c1-21(17,18)13-7-3-4-8-14(13)22(19,20)15-9-12-16-10-5-2-6-11-16/h3-4,7-8,15H,2,5-6,9-12H2,1H3. The van der Waals surface area contributed by atoms with Gasteiger partial charge in [0.25, 0.3) is 0 Å². The molecule has 0 saturated carbocycles. The molecule has 1 aromatic rings. The lowest BCUT2D eigenvalue weighted by Crippen LogP contribution is -2.37. The topological polar surface area (TPSA) is 83.5 Å². The summed E-state index contributed by atoms with van der Waals surface area (Å²) in [6, 6.07) is 5.67. The van der Waals surface area contributed by atoms with Crippen molar-refractivity contribution in [3.05, 3.63) is 24.3 Å². The Morgan fingerprint density at radius 1 is 1.00 bits per heavy atom. The van der Waals surface area contributed by atoms with Gasteiger partial charge in [0, 0.05) is 19.3 Å². The Labute approximate surface area is 132 Å². The summed E-state index contributed by atoms with van der Waals surface area (Å²) in [6.07, 6.45) is 4.52. The maximum Gasteiger partial charge on any atom is 0.241 e. The zero-order valence-electron chi connectivity index (χ0n) is 12.7. The largest absolute Gasteiger partial charge is 0.302 e. The van der Waals surface area contributed by atoms with Gasteiger partial charge in [0.05, 0.1) is 4.90 Å². The predicted octanol–water partition coefficient (Wildman–Crippen LogP) is 0.854. The minimum atomic E-state index is -3.83. The number of sulfone groups is 1. The van der Waals surface area contributed by atoms with Crippen LogP contribution in [0.5, 0.6) is 0 Å². The van der Waals surface area contributed by atoms with E-state index in [-0.39, 0.29) is 16.3 Å². The van der Waals surface area contributed by atoms with Crippen molar-refractivity contribution in [2.45, 2.75) is 29.1 Å². The second kappa shape index (κ2) is 7.08. The minimum Gasteiger partial charge on any atom is -0.302 e. The summed E-state index contributed by atoms with van der Waals surface area (Å²) in [5.74, 6) is 0. The third-order valence-corrected chi connectivity index (χ3v) is 6.51. The summed E-state index contributed by atoms with van der Waals surface area (Å²) in [5, 5.41) is 0. The van der Waals surface area contributed by atoms with Gasteiger partial charge < -0.3 is 4.90 Å². The first-order valence-electron chi connectivity index (χ1n) is 7.32. The monoisotopic (exact) mass is 346 g/mol. The van der Waals surface area contributed by atoms with Gasteiger partial charge in [0.2, 0.25) is 10.0 Å². The number of hydrogen-bond donors (Lipinski definition) is 1. The normalized spacial score (nSPS) is 17.5. The average Bonchev–Trinajstić information content (AvgIpc) is 2.47. The van der Waals surface area contributed by atoms with Gasteiger partial charge in [-0.2, -0.15) is 0 Å². The van der Waals surface area contributed by atoms with Crippen molar-refractivity contribution in [1.29, 1.82) is 0 Å². The molecule has 0 unspecified atom stereocenters. The highest BCUT2D eigenvalue weighted by atomic mass is 32.2. The number of benzene rings is 1. The number of likely N-dealkylation sites (tertiary alicyclic amines) is 1. The molecule has 0 bridgehead atoms. The van der Waals surface area contributed by atoms with Crippen LogP contribution < -0.4 is 4.72 Å². The molecular formula is C14H22N2O4S2. The van der Waals surface area contributed by atoms with Crippen LogP contribution >= 0.6 is 0 Å². The highest BCUT2D eigenvalue weighted by Crippen LogP contribution is 2.20. The molecule has 124 valence electrons. The molecule has 1 saturated heterocycles. The Bertz CT molecular complexity index is 708. The van der Waals surface area contributed by atoms with Gasteiger partial charge in [0.15, 0.2) is 9.84 Å². The van der Waals surface area contributed by atoms with Crippen LogP contribution in [0.2, 0.25) is 0 Å². The molecule has 22 heavy (non-hydrogen) atoms. The van der Waals surface area contributed by atoms with Crippen LogP contribution in [-0.4, -0.2) is 54.2 Å². The van der Waals surface area contributed by atoms with Crippen LogP contribution in [0.25, 0.3) is 0 Å². The van der Waals surface area contributed by atoms with Crippen molar-refractivity contribution in [3.8, 4) is 0 Å². The Morgan fingerprint density at radius 3 is 2.18 bits per heavy atom. The second-order valence-electron chi connectivity index (χ2n) is 5.52. The molecular weight excluding hydrogens is 324 g/mol. The fraction of sp³-hybridized carbons (Fsp3) is 0.571. The summed E-state index contributed by atoms with van der Waals surface area (Å²) in [6.45, 7) is 2.89. The molecule has 0 aromatic heterocycles. The number of piperidine rings is 1. The summed E-state index contributed by atoms with van der Waals surface area (Å²) in [7, 11) is -7.42. The number of nitrogens with one attached hydrogen (secondary N) is 1. The molecule has 1 N–H and O–H groups in total. The van der Waals surface area contributed by atoms with Gasteiger partial charge >= 0.3 is 0 Å². The molecule has 0 aliphatic carbocycles. The van der Waals surface area contributed by atoms with Gasteiger partial charge in [-0.25, -0.2) is 21.6 Å². The van der Waals surface area contributed by atoms with Crippen LogP contribution in [0.15, 0.2) is 34.1 Å². The van der Waals surface area contributed by atoms with Crippen molar-refractivity contribution in [1.82, 2.24) is 9.62 Å². The quantitative estimate of drug-likeness (QED) is 0.826. The smallest absolute Gasteiger partial charge is 0.241 e. The van der Waals surface area contributed by atoms with Crippen LogP contribution in [0.4, 0.5) is 0 Å². The number of sulfonamides is 1. The fourth-order valence-electron chi connectivity index (χ4n) is 2.58. The van der Waals surface area contributed by atoms with Crippen molar-refractivity contribution in [2.75, 3.05) is 32.4 Å². The Balaban J connectivity index is 2.07. The van der Waals surface area contributed by atoms with E-state index in [1.54, 1.807) is 0 Å². The SMILES string of the molecule is CS(=O)(=O)c1ccccc1S(=O)(=O)NCCN1CCCCC1. The summed E-state index contributed by atoms with van der Waals surface area (Å²) in [4.78, 5) is 1.87. The average molecular weight is 346 g/mol. The molecule has 6 nitrogen and oxygen atoms in total. The van der Waals surface area contributed by atoms with Gasteiger partial charge in [-0.05, 0) is 38.1 Å². The molecule has 1 aliphatic rings. The molecule has 8 heteroatoms. The van der Waals surface area contributed by atoms with E-state index in [9.17, 15) is 16.8 Å². The lowest BCUT2D eigenvalue weighted by Gasteiger charge is -2.26. The van der Waals surface area contributed by atoms with Crippen LogP contribution in [0.1, 0.15) is 19.3 Å². The highest BCUT2D eigenvalue weighted by Gasteiger charge is 2.23. The van der Waals surface area contributed by atoms with E-state index >= 15 is 0 Å². The number of hydrogen-bond acceptors (Lipinski definition) is 5. The maximum absolute atomic E-state index is 12.3. The first-order chi connectivity index (χ1) is 10.3. The summed E-state index contributed by atoms with van der Waals surface area (Å²) < 4.78 is 50.6. The maximum atomic E-state index is 12.3. The minimum absolute atomic E-state index is 0.166. The van der Waals surface area contributed by atoms with Crippen molar-refractivity contribution >= 4 is 19.9 Å². The van der Waals surface area contributed by atoms with Crippen LogP contribution in [0.3, 0.4) is 0 Å². The Morgan fingerprint density at radius 2 is 1.59 bits per heavy atom. The molecule has 1 heterocycles. The van der Waals surface area contributed by atoms with E-state index in [1.807, 2.05) is 0 Å². The molecule has 0 amide bonds. The Kier molecular flexibility index (Phi) is 5.60. The molecule has 0 atom stereocenters. The molecule has 1 aliphatic heterocycles. The van der Waals surface area contributed by atoms with Crippen LogP contribution in [-0.2, 0) is 19.9 Å². The molecule has 0 radical (unpaired) electrons. The molecule has 1 fully saturated rings. The zero-order chi connectivity index (χ0) is 16.2. The third kappa shape index (κ3) is 4.52. The first kappa shape index (κ1) is 17.4. The van der Waals surface area contributed by atoms with E-state index in [0.717, 1.165) is 32.2 Å².